The molecule has 0 aliphatic carbocycles. The topological polar surface area (TPSA) is 82.0 Å². The molecular formula is C10H11F2N3O2S. The third-order valence-electron chi connectivity index (χ3n) is 1.96. The zero-order valence-corrected chi connectivity index (χ0v) is 10.3. The number of benzene rings is 1. The molecule has 0 saturated heterocycles. The van der Waals surface area contributed by atoms with Crippen molar-refractivity contribution in [1.29, 1.82) is 5.26 Å². The van der Waals surface area contributed by atoms with Gasteiger partial charge in [-0.15, -0.1) is 0 Å². The SMILES string of the molecule is CS(=O)(=O)NCCNc1c(F)cc(C#N)cc1F. The highest BCUT2D eigenvalue weighted by Gasteiger charge is 2.10. The van der Waals surface area contributed by atoms with Crippen LogP contribution in [-0.4, -0.2) is 27.8 Å². The van der Waals surface area contributed by atoms with Gasteiger partial charge in [0.15, 0.2) is 11.6 Å². The van der Waals surface area contributed by atoms with E-state index in [0.717, 1.165) is 18.4 Å². The number of hydrogen-bond donors (Lipinski definition) is 2. The van der Waals surface area contributed by atoms with E-state index < -0.39 is 21.7 Å². The Morgan fingerprint density at radius 1 is 1.28 bits per heavy atom. The van der Waals surface area contributed by atoms with Crippen molar-refractivity contribution >= 4 is 15.7 Å². The Morgan fingerprint density at radius 3 is 2.28 bits per heavy atom. The predicted molar refractivity (Wildman–Crippen MR) is 62.4 cm³/mol. The van der Waals surface area contributed by atoms with Crippen molar-refractivity contribution in [2.45, 2.75) is 0 Å². The Labute approximate surface area is 103 Å². The minimum absolute atomic E-state index is 0.00227. The first-order chi connectivity index (χ1) is 8.33. The summed E-state index contributed by atoms with van der Waals surface area (Å²) in [6.45, 7) is 0.0184. The third kappa shape index (κ3) is 4.27. The van der Waals surface area contributed by atoms with Crippen LogP contribution in [0.25, 0.3) is 0 Å². The smallest absolute Gasteiger partial charge is 0.208 e. The molecular weight excluding hydrogens is 264 g/mol. The number of nitriles is 1. The van der Waals surface area contributed by atoms with Gasteiger partial charge in [0.05, 0.1) is 17.9 Å². The average Bonchev–Trinajstić information content (AvgIpc) is 2.25. The monoisotopic (exact) mass is 275 g/mol. The van der Waals surface area contributed by atoms with Gasteiger partial charge in [0, 0.05) is 13.1 Å². The van der Waals surface area contributed by atoms with Crippen LogP contribution in [-0.2, 0) is 10.0 Å². The average molecular weight is 275 g/mol. The normalized spacial score (nSPS) is 11.0. The van der Waals surface area contributed by atoms with Crippen LogP contribution in [0.3, 0.4) is 0 Å². The highest BCUT2D eigenvalue weighted by Crippen LogP contribution is 2.19. The lowest BCUT2D eigenvalue weighted by Crippen LogP contribution is -2.28. The van der Waals surface area contributed by atoms with E-state index in [0.29, 0.717) is 0 Å². The molecule has 0 saturated carbocycles. The number of nitrogens with zero attached hydrogens (tertiary/aromatic N) is 1. The molecule has 0 bridgehead atoms. The van der Waals surface area contributed by atoms with Gasteiger partial charge in [0.1, 0.15) is 5.69 Å². The van der Waals surface area contributed by atoms with Crippen LogP contribution in [0.2, 0.25) is 0 Å². The minimum Gasteiger partial charge on any atom is -0.379 e. The zero-order valence-electron chi connectivity index (χ0n) is 9.50. The summed E-state index contributed by atoms with van der Waals surface area (Å²) in [5.41, 5.74) is -0.505. The Kier molecular flexibility index (Phi) is 4.58. The summed E-state index contributed by atoms with van der Waals surface area (Å²) in [7, 11) is -3.33. The maximum absolute atomic E-state index is 13.4. The first kappa shape index (κ1) is 14.3. The largest absolute Gasteiger partial charge is 0.379 e. The molecule has 5 nitrogen and oxygen atoms in total. The first-order valence-electron chi connectivity index (χ1n) is 4.91. The lowest BCUT2D eigenvalue weighted by molar-refractivity contribution is 0.584. The molecule has 0 heterocycles. The molecule has 0 unspecified atom stereocenters. The summed E-state index contributed by atoms with van der Waals surface area (Å²) in [5, 5.41) is 10.9. The third-order valence-corrected chi connectivity index (χ3v) is 2.69. The molecule has 0 aromatic heterocycles. The number of rotatable bonds is 5. The molecule has 0 atom stereocenters. The van der Waals surface area contributed by atoms with E-state index in [2.05, 4.69) is 10.0 Å². The van der Waals surface area contributed by atoms with Crippen LogP contribution >= 0.6 is 0 Å². The fraction of sp³-hybridized carbons (Fsp3) is 0.300. The van der Waals surface area contributed by atoms with Gasteiger partial charge in [0.25, 0.3) is 0 Å². The van der Waals surface area contributed by atoms with Gasteiger partial charge >= 0.3 is 0 Å². The highest BCUT2D eigenvalue weighted by atomic mass is 32.2. The number of sulfonamides is 1. The molecule has 0 amide bonds. The van der Waals surface area contributed by atoms with Crippen LogP contribution in [0.5, 0.6) is 0 Å². The Hall–Kier alpha value is -1.72. The second-order valence-corrected chi connectivity index (χ2v) is 5.35. The quantitative estimate of drug-likeness (QED) is 0.779. The molecule has 0 fully saturated rings. The molecule has 1 aromatic carbocycles. The number of halogens is 2. The van der Waals surface area contributed by atoms with Gasteiger partial charge in [-0.1, -0.05) is 0 Å². The fourth-order valence-corrected chi connectivity index (χ4v) is 1.70. The summed E-state index contributed by atoms with van der Waals surface area (Å²) in [5.74, 6) is -1.79. The van der Waals surface area contributed by atoms with Gasteiger partial charge in [-0.3, -0.25) is 0 Å². The van der Waals surface area contributed by atoms with Crippen molar-refractivity contribution in [1.82, 2.24) is 4.72 Å². The lowest BCUT2D eigenvalue weighted by Gasteiger charge is -2.09. The first-order valence-corrected chi connectivity index (χ1v) is 6.80. The van der Waals surface area contributed by atoms with Gasteiger partial charge in [-0.25, -0.2) is 21.9 Å². The van der Waals surface area contributed by atoms with Gasteiger partial charge in [-0.05, 0) is 12.1 Å². The summed E-state index contributed by atoms with van der Waals surface area (Å²) < 4.78 is 50.4. The van der Waals surface area contributed by atoms with E-state index in [4.69, 9.17) is 5.26 Å². The van der Waals surface area contributed by atoms with Crippen LogP contribution in [0.15, 0.2) is 12.1 Å². The highest BCUT2D eigenvalue weighted by molar-refractivity contribution is 7.88. The molecule has 0 radical (unpaired) electrons. The number of anilines is 1. The molecule has 1 rings (SSSR count). The van der Waals surface area contributed by atoms with Gasteiger partial charge in [-0.2, -0.15) is 5.26 Å². The van der Waals surface area contributed by atoms with E-state index in [1.165, 1.54) is 0 Å². The van der Waals surface area contributed by atoms with Gasteiger partial charge < -0.3 is 5.32 Å². The molecule has 8 heteroatoms. The van der Waals surface area contributed by atoms with E-state index >= 15 is 0 Å². The summed E-state index contributed by atoms with van der Waals surface area (Å²) in [6, 6.07) is 3.42. The van der Waals surface area contributed by atoms with E-state index in [9.17, 15) is 17.2 Å². The van der Waals surface area contributed by atoms with E-state index in [-0.39, 0.29) is 24.3 Å². The van der Waals surface area contributed by atoms with Crippen molar-refractivity contribution in [2.24, 2.45) is 0 Å². The van der Waals surface area contributed by atoms with Crippen molar-refractivity contribution < 1.29 is 17.2 Å². The number of nitrogens with one attached hydrogen (secondary N) is 2. The van der Waals surface area contributed by atoms with Crippen LogP contribution in [0, 0.1) is 23.0 Å². The van der Waals surface area contributed by atoms with Gasteiger partial charge in [0.2, 0.25) is 10.0 Å². The maximum Gasteiger partial charge on any atom is 0.208 e. The van der Waals surface area contributed by atoms with Crippen molar-refractivity contribution in [2.75, 3.05) is 24.7 Å². The fourth-order valence-electron chi connectivity index (χ4n) is 1.23. The summed E-state index contributed by atoms with van der Waals surface area (Å²) in [6.07, 6.45) is 0.982. The second-order valence-electron chi connectivity index (χ2n) is 3.52. The second kappa shape index (κ2) is 5.75. The molecule has 0 aliphatic heterocycles. The molecule has 98 valence electrons. The standard InChI is InChI=1S/C10H11F2N3O2S/c1-18(16,17)15-3-2-14-10-8(11)4-7(6-13)5-9(10)12/h4-5,14-15H,2-3H2,1H3. The molecule has 1 aromatic rings. The van der Waals surface area contributed by atoms with Crippen LogP contribution in [0.4, 0.5) is 14.5 Å². The predicted octanol–water partition coefficient (Wildman–Crippen LogP) is 0.798. The van der Waals surface area contributed by atoms with E-state index in [1.807, 2.05) is 0 Å². The van der Waals surface area contributed by atoms with E-state index in [1.54, 1.807) is 6.07 Å². The Bertz CT molecular complexity index is 558. The molecule has 0 spiro atoms. The summed E-state index contributed by atoms with van der Waals surface area (Å²) in [4.78, 5) is 0. The van der Waals surface area contributed by atoms with Crippen molar-refractivity contribution in [3.05, 3.63) is 29.3 Å². The van der Waals surface area contributed by atoms with Crippen LogP contribution in [0.1, 0.15) is 5.56 Å². The van der Waals surface area contributed by atoms with Crippen molar-refractivity contribution in [3.63, 3.8) is 0 Å². The van der Waals surface area contributed by atoms with Crippen molar-refractivity contribution in [3.8, 4) is 6.07 Å². The van der Waals surface area contributed by atoms with Crippen LogP contribution < -0.4 is 10.0 Å². The number of hydrogen-bond acceptors (Lipinski definition) is 4. The minimum atomic E-state index is -3.33. The summed E-state index contributed by atoms with van der Waals surface area (Å²) >= 11 is 0. The molecule has 18 heavy (non-hydrogen) atoms. The Morgan fingerprint density at radius 2 is 1.83 bits per heavy atom. The Balaban J connectivity index is 2.66. The molecule has 2 N–H and O–H groups in total. The lowest BCUT2D eigenvalue weighted by atomic mass is 10.2. The maximum atomic E-state index is 13.4. The zero-order chi connectivity index (χ0) is 13.8. The molecule has 0 aliphatic rings.